The van der Waals surface area contributed by atoms with Crippen molar-refractivity contribution in [2.75, 3.05) is 11.1 Å². The zero-order valence-electron chi connectivity index (χ0n) is 10.8. The van der Waals surface area contributed by atoms with Crippen LogP contribution >= 0.6 is 0 Å². The van der Waals surface area contributed by atoms with Gasteiger partial charge in [-0.05, 0) is 42.3 Å². The molecule has 0 aliphatic rings. The third kappa shape index (κ3) is 3.04. The van der Waals surface area contributed by atoms with Crippen molar-refractivity contribution in [3.63, 3.8) is 0 Å². The van der Waals surface area contributed by atoms with Gasteiger partial charge in [-0.25, -0.2) is 0 Å². The molecule has 4 heteroatoms. The van der Waals surface area contributed by atoms with Gasteiger partial charge in [-0.1, -0.05) is 18.2 Å². The maximum atomic E-state index is 11.1. The molecule has 4 nitrogen and oxygen atoms in total. The quantitative estimate of drug-likeness (QED) is 0.733. The van der Waals surface area contributed by atoms with E-state index < -0.39 is 5.91 Å². The zero-order valence-corrected chi connectivity index (χ0v) is 10.8. The van der Waals surface area contributed by atoms with Crippen LogP contribution in [0.5, 0.6) is 0 Å². The first-order valence-corrected chi connectivity index (χ1v) is 6.05. The number of para-hydroxylation sites is 1. The number of hydrogen-bond acceptors (Lipinski definition) is 3. The van der Waals surface area contributed by atoms with Crippen LogP contribution in [0.2, 0.25) is 0 Å². The highest BCUT2D eigenvalue weighted by molar-refractivity contribution is 5.94. The summed E-state index contributed by atoms with van der Waals surface area (Å²) >= 11 is 0. The van der Waals surface area contributed by atoms with Gasteiger partial charge in [0.2, 0.25) is 5.91 Å². The number of amides is 1. The van der Waals surface area contributed by atoms with E-state index >= 15 is 0 Å². The highest BCUT2D eigenvalue weighted by Crippen LogP contribution is 2.17. The van der Waals surface area contributed by atoms with Gasteiger partial charge in [0.15, 0.2) is 0 Å². The second kappa shape index (κ2) is 5.44. The molecule has 1 amide bonds. The minimum Gasteiger partial charge on any atom is -0.398 e. The monoisotopic (exact) mass is 255 g/mol. The van der Waals surface area contributed by atoms with Crippen molar-refractivity contribution in [2.24, 2.45) is 5.73 Å². The summed E-state index contributed by atoms with van der Waals surface area (Å²) < 4.78 is 0. The van der Waals surface area contributed by atoms with Gasteiger partial charge in [0.1, 0.15) is 0 Å². The third-order valence-electron chi connectivity index (χ3n) is 3.03. The summed E-state index contributed by atoms with van der Waals surface area (Å²) in [6.07, 6.45) is 0. The summed E-state index contributed by atoms with van der Waals surface area (Å²) in [5.74, 6) is -0.406. The molecule has 0 aromatic heterocycles. The van der Waals surface area contributed by atoms with Crippen molar-refractivity contribution < 1.29 is 4.79 Å². The van der Waals surface area contributed by atoms with Crippen molar-refractivity contribution >= 4 is 17.3 Å². The minimum absolute atomic E-state index is 0.406. The lowest BCUT2D eigenvalue weighted by Crippen LogP contribution is -2.12. The van der Waals surface area contributed by atoms with E-state index in [-0.39, 0.29) is 0 Å². The zero-order chi connectivity index (χ0) is 13.8. The molecule has 98 valence electrons. The SMILES string of the molecule is Cc1cc(NCc2ccccc2N)ccc1C(N)=O. The van der Waals surface area contributed by atoms with Crippen molar-refractivity contribution in [1.29, 1.82) is 0 Å². The molecule has 2 rings (SSSR count). The van der Waals surface area contributed by atoms with E-state index in [0.29, 0.717) is 12.1 Å². The van der Waals surface area contributed by atoms with Crippen LogP contribution in [-0.4, -0.2) is 5.91 Å². The summed E-state index contributed by atoms with van der Waals surface area (Å²) in [5, 5.41) is 3.28. The maximum absolute atomic E-state index is 11.1. The average Bonchev–Trinajstić information content (AvgIpc) is 2.37. The molecule has 0 spiro atoms. The van der Waals surface area contributed by atoms with E-state index in [1.165, 1.54) is 0 Å². The van der Waals surface area contributed by atoms with Gasteiger partial charge in [-0.15, -0.1) is 0 Å². The predicted molar refractivity (Wildman–Crippen MR) is 77.9 cm³/mol. The fraction of sp³-hybridized carbons (Fsp3) is 0.133. The van der Waals surface area contributed by atoms with E-state index in [4.69, 9.17) is 11.5 Å². The number of anilines is 2. The number of hydrogen-bond donors (Lipinski definition) is 3. The Balaban J connectivity index is 2.11. The molecule has 0 saturated heterocycles. The van der Waals surface area contributed by atoms with E-state index in [1.54, 1.807) is 6.07 Å². The summed E-state index contributed by atoms with van der Waals surface area (Å²) in [4.78, 5) is 11.1. The average molecular weight is 255 g/mol. The molecule has 0 fully saturated rings. The molecule has 19 heavy (non-hydrogen) atoms. The molecule has 0 heterocycles. The second-order valence-corrected chi connectivity index (χ2v) is 4.45. The first-order valence-electron chi connectivity index (χ1n) is 6.05. The minimum atomic E-state index is -0.406. The van der Waals surface area contributed by atoms with Crippen molar-refractivity contribution in [1.82, 2.24) is 0 Å². The summed E-state index contributed by atoms with van der Waals surface area (Å²) in [5.41, 5.74) is 15.3. The Kier molecular flexibility index (Phi) is 3.71. The van der Waals surface area contributed by atoms with Crippen molar-refractivity contribution in [2.45, 2.75) is 13.5 Å². The lowest BCUT2D eigenvalue weighted by molar-refractivity contribution is 0.1000. The molecule has 0 unspecified atom stereocenters. The normalized spacial score (nSPS) is 10.2. The van der Waals surface area contributed by atoms with Gasteiger partial charge in [0, 0.05) is 23.5 Å². The number of nitrogens with two attached hydrogens (primary N) is 2. The maximum Gasteiger partial charge on any atom is 0.248 e. The number of rotatable bonds is 4. The van der Waals surface area contributed by atoms with Crippen LogP contribution in [0.25, 0.3) is 0 Å². The number of benzene rings is 2. The molecular formula is C15H17N3O. The highest BCUT2D eigenvalue weighted by Gasteiger charge is 2.05. The Morgan fingerprint density at radius 2 is 1.95 bits per heavy atom. The number of primary amides is 1. The molecule has 5 N–H and O–H groups in total. The van der Waals surface area contributed by atoms with Crippen LogP contribution < -0.4 is 16.8 Å². The van der Waals surface area contributed by atoms with Gasteiger partial charge < -0.3 is 16.8 Å². The topological polar surface area (TPSA) is 81.1 Å². The third-order valence-corrected chi connectivity index (χ3v) is 3.03. The van der Waals surface area contributed by atoms with Gasteiger partial charge in [-0.3, -0.25) is 4.79 Å². The number of aryl methyl sites for hydroxylation is 1. The van der Waals surface area contributed by atoms with Gasteiger partial charge in [0.25, 0.3) is 0 Å². The molecular weight excluding hydrogens is 238 g/mol. The van der Waals surface area contributed by atoms with Gasteiger partial charge >= 0.3 is 0 Å². The lowest BCUT2D eigenvalue weighted by Gasteiger charge is -2.10. The van der Waals surface area contributed by atoms with E-state index in [2.05, 4.69) is 5.32 Å². The Bertz CT molecular complexity index is 608. The van der Waals surface area contributed by atoms with Crippen LogP contribution in [0.15, 0.2) is 42.5 Å². The summed E-state index contributed by atoms with van der Waals surface area (Å²) in [6.45, 7) is 2.50. The number of nitrogens with one attached hydrogen (secondary N) is 1. The molecule has 0 saturated carbocycles. The highest BCUT2D eigenvalue weighted by atomic mass is 16.1. The van der Waals surface area contributed by atoms with Crippen molar-refractivity contribution in [3.8, 4) is 0 Å². The molecule has 0 atom stereocenters. The van der Waals surface area contributed by atoms with Crippen LogP contribution in [0.4, 0.5) is 11.4 Å². The molecule has 0 aliphatic heterocycles. The fourth-order valence-electron chi connectivity index (χ4n) is 1.94. The van der Waals surface area contributed by atoms with E-state index in [1.807, 2.05) is 43.3 Å². The van der Waals surface area contributed by atoms with E-state index in [0.717, 1.165) is 22.5 Å². The predicted octanol–water partition coefficient (Wildman–Crippen LogP) is 2.29. The lowest BCUT2D eigenvalue weighted by atomic mass is 10.1. The molecule has 2 aromatic rings. The van der Waals surface area contributed by atoms with Gasteiger partial charge in [0.05, 0.1) is 0 Å². The Morgan fingerprint density at radius 1 is 1.21 bits per heavy atom. The van der Waals surface area contributed by atoms with Gasteiger partial charge in [-0.2, -0.15) is 0 Å². The first kappa shape index (κ1) is 13.0. The molecule has 2 aromatic carbocycles. The Morgan fingerprint density at radius 3 is 2.58 bits per heavy atom. The second-order valence-electron chi connectivity index (χ2n) is 4.45. The summed E-state index contributed by atoms with van der Waals surface area (Å²) in [7, 11) is 0. The standard InChI is InChI=1S/C15H17N3O/c1-10-8-12(6-7-13(10)15(17)19)18-9-11-4-2-3-5-14(11)16/h2-8,18H,9,16H2,1H3,(H2,17,19). The van der Waals surface area contributed by atoms with E-state index in [9.17, 15) is 4.79 Å². The fourth-order valence-corrected chi connectivity index (χ4v) is 1.94. The molecule has 0 bridgehead atoms. The van der Waals surface area contributed by atoms with Crippen LogP contribution in [-0.2, 0) is 6.54 Å². The largest absolute Gasteiger partial charge is 0.398 e. The molecule has 0 radical (unpaired) electrons. The van der Waals surface area contributed by atoms with Crippen LogP contribution in [0, 0.1) is 6.92 Å². The smallest absolute Gasteiger partial charge is 0.248 e. The van der Waals surface area contributed by atoms with Crippen molar-refractivity contribution in [3.05, 3.63) is 59.2 Å². The number of carbonyl (C=O) groups is 1. The van der Waals surface area contributed by atoms with Crippen LogP contribution in [0.1, 0.15) is 21.5 Å². The Labute approximate surface area is 112 Å². The van der Waals surface area contributed by atoms with Crippen LogP contribution in [0.3, 0.4) is 0 Å². The molecule has 0 aliphatic carbocycles. The first-order chi connectivity index (χ1) is 9.08. The number of nitrogen functional groups attached to an aromatic ring is 1. The summed E-state index contributed by atoms with van der Waals surface area (Å²) in [6, 6.07) is 13.2. The Hall–Kier alpha value is -2.49. The number of carbonyl (C=O) groups excluding carboxylic acids is 1.